The Morgan fingerprint density at radius 3 is 2.46 bits per heavy atom. The number of nitrogens with one attached hydrogen (secondary N) is 1. The fourth-order valence-corrected chi connectivity index (χ4v) is 1.60. The first-order chi connectivity index (χ1) is 6.06. The lowest BCUT2D eigenvalue weighted by atomic mass is 10.0. The quantitative estimate of drug-likeness (QED) is 0.722. The number of hydrogen-bond acceptors (Lipinski definition) is 2. The zero-order chi connectivity index (χ0) is 10.0. The van der Waals surface area contributed by atoms with Crippen molar-refractivity contribution in [3.05, 3.63) is 35.3 Å². The highest BCUT2D eigenvalue weighted by molar-refractivity contribution is 5.29. The zero-order valence-corrected chi connectivity index (χ0v) is 8.77. The van der Waals surface area contributed by atoms with Gasteiger partial charge in [0.25, 0.3) is 0 Å². The molecule has 0 fully saturated rings. The fraction of sp³-hybridized carbons (Fsp3) is 0.455. The van der Waals surface area contributed by atoms with Gasteiger partial charge in [-0.25, -0.2) is 0 Å². The predicted octanol–water partition coefficient (Wildman–Crippen LogP) is 2.73. The van der Waals surface area contributed by atoms with E-state index in [0.717, 1.165) is 17.1 Å². The molecule has 1 aromatic rings. The summed E-state index contributed by atoms with van der Waals surface area (Å²) in [6.45, 7) is 9.91. The second kappa shape index (κ2) is 3.79. The smallest absolute Gasteiger partial charge is 0.106 e. The second-order valence-electron chi connectivity index (χ2n) is 3.44. The van der Waals surface area contributed by atoms with E-state index in [-0.39, 0.29) is 6.04 Å². The summed E-state index contributed by atoms with van der Waals surface area (Å²) in [4.78, 5) is 0. The van der Waals surface area contributed by atoms with Gasteiger partial charge in [-0.05, 0) is 33.9 Å². The molecule has 1 unspecified atom stereocenters. The minimum atomic E-state index is 0.206. The van der Waals surface area contributed by atoms with Gasteiger partial charge in [0, 0.05) is 5.56 Å². The number of likely N-dealkylation sites (N-methyl/N-ethyl adjacent to an activating group) is 1. The van der Waals surface area contributed by atoms with E-state index in [1.807, 2.05) is 27.8 Å². The summed E-state index contributed by atoms with van der Waals surface area (Å²) in [7, 11) is 1.93. The first-order valence-corrected chi connectivity index (χ1v) is 4.46. The summed E-state index contributed by atoms with van der Waals surface area (Å²) in [6.07, 6.45) is 0. The lowest BCUT2D eigenvalue weighted by molar-refractivity contribution is 0.496. The van der Waals surface area contributed by atoms with Crippen LogP contribution in [0, 0.1) is 13.8 Å². The SMILES string of the molecule is C=C(C)C(NC)c1cc(C)oc1C. The van der Waals surface area contributed by atoms with Crippen molar-refractivity contribution in [3.63, 3.8) is 0 Å². The van der Waals surface area contributed by atoms with Crippen molar-refractivity contribution in [1.82, 2.24) is 5.32 Å². The Balaban J connectivity index is 3.04. The molecule has 0 radical (unpaired) electrons. The van der Waals surface area contributed by atoms with Gasteiger partial charge in [-0.2, -0.15) is 0 Å². The third kappa shape index (κ3) is 2.01. The van der Waals surface area contributed by atoms with Crippen LogP contribution in [-0.2, 0) is 0 Å². The van der Waals surface area contributed by atoms with Gasteiger partial charge < -0.3 is 9.73 Å². The Labute approximate surface area is 79.6 Å². The maximum atomic E-state index is 5.47. The van der Waals surface area contributed by atoms with E-state index >= 15 is 0 Å². The summed E-state index contributed by atoms with van der Waals surface area (Å²) < 4.78 is 5.47. The van der Waals surface area contributed by atoms with Gasteiger partial charge in [0.05, 0.1) is 6.04 Å². The summed E-state index contributed by atoms with van der Waals surface area (Å²) in [5, 5.41) is 3.21. The van der Waals surface area contributed by atoms with Crippen LogP contribution in [0.3, 0.4) is 0 Å². The molecule has 2 nitrogen and oxygen atoms in total. The number of aryl methyl sites for hydroxylation is 2. The van der Waals surface area contributed by atoms with Crippen LogP contribution in [-0.4, -0.2) is 7.05 Å². The van der Waals surface area contributed by atoms with Crippen LogP contribution in [0.4, 0.5) is 0 Å². The Kier molecular flexibility index (Phi) is 2.94. The minimum Gasteiger partial charge on any atom is -0.466 e. The second-order valence-corrected chi connectivity index (χ2v) is 3.44. The largest absolute Gasteiger partial charge is 0.466 e. The van der Waals surface area contributed by atoms with Crippen LogP contribution in [0.1, 0.15) is 30.0 Å². The van der Waals surface area contributed by atoms with E-state index in [1.165, 1.54) is 5.56 Å². The number of rotatable bonds is 3. The summed E-state index contributed by atoms with van der Waals surface area (Å²) in [5.74, 6) is 1.92. The van der Waals surface area contributed by atoms with Gasteiger partial charge in [-0.15, -0.1) is 0 Å². The highest BCUT2D eigenvalue weighted by Gasteiger charge is 2.15. The molecule has 1 aromatic heterocycles. The Hall–Kier alpha value is -1.02. The van der Waals surface area contributed by atoms with Gasteiger partial charge >= 0.3 is 0 Å². The molecular formula is C11H17NO. The van der Waals surface area contributed by atoms with Gasteiger partial charge in [-0.1, -0.05) is 12.2 Å². The molecule has 13 heavy (non-hydrogen) atoms. The maximum Gasteiger partial charge on any atom is 0.106 e. The van der Waals surface area contributed by atoms with Gasteiger partial charge in [0.15, 0.2) is 0 Å². The molecule has 0 bridgehead atoms. The molecule has 0 spiro atoms. The molecule has 0 aliphatic carbocycles. The van der Waals surface area contributed by atoms with Crippen LogP contribution in [0.5, 0.6) is 0 Å². The highest BCUT2D eigenvalue weighted by atomic mass is 16.3. The molecule has 1 atom stereocenters. The first kappa shape index (κ1) is 10.1. The van der Waals surface area contributed by atoms with Crippen molar-refractivity contribution in [2.75, 3.05) is 7.05 Å². The van der Waals surface area contributed by atoms with Crippen LogP contribution >= 0.6 is 0 Å². The Bertz CT molecular complexity index is 312. The van der Waals surface area contributed by atoms with Crippen molar-refractivity contribution in [3.8, 4) is 0 Å². The molecule has 72 valence electrons. The summed E-state index contributed by atoms with van der Waals surface area (Å²) >= 11 is 0. The Morgan fingerprint density at radius 2 is 2.15 bits per heavy atom. The summed E-state index contributed by atoms with van der Waals surface area (Å²) in [5.41, 5.74) is 2.29. The van der Waals surface area contributed by atoms with Crippen molar-refractivity contribution >= 4 is 0 Å². The summed E-state index contributed by atoms with van der Waals surface area (Å²) in [6, 6.07) is 2.27. The molecule has 1 N–H and O–H groups in total. The monoisotopic (exact) mass is 179 g/mol. The molecule has 0 saturated carbocycles. The topological polar surface area (TPSA) is 25.2 Å². The Morgan fingerprint density at radius 1 is 1.54 bits per heavy atom. The molecule has 2 heteroatoms. The number of hydrogen-bond donors (Lipinski definition) is 1. The lowest BCUT2D eigenvalue weighted by Crippen LogP contribution is -2.17. The van der Waals surface area contributed by atoms with Crippen molar-refractivity contribution in [2.45, 2.75) is 26.8 Å². The first-order valence-electron chi connectivity index (χ1n) is 4.46. The van der Waals surface area contributed by atoms with Gasteiger partial charge in [0.1, 0.15) is 11.5 Å². The standard InChI is InChI=1S/C11H17NO/c1-7(2)11(12-5)10-6-8(3)13-9(10)4/h6,11-12H,1H2,2-5H3. The molecular weight excluding hydrogens is 162 g/mol. The molecule has 0 amide bonds. The van der Waals surface area contributed by atoms with E-state index in [0.29, 0.717) is 0 Å². The molecule has 0 aromatic carbocycles. The van der Waals surface area contributed by atoms with Crippen LogP contribution < -0.4 is 5.32 Å². The zero-order valence-electron chi connectivity index (χ0n) is 8.77. The van der Waals surface area contributed by atoms with E-state index in [4.69, 9.17) is 4.42 Å². The number of furan rings is 1. The van der Waals surface area contributed by atoms with Crippen LogP contribution in [0.25, 0.3) is 0 Å². The minimum absolute atomic E-state index is 0.206. The molecule has 0 aliphatic heterocycles. The third-order valence-corrected chi connectivity index (χ3v) is 2.17. The van der Waals surface area contributed by atoms with Gasteiger partial charge in [-0.3, -0.25) is 0 Å². The highest BCUT2D eigenvalue weighted by Crippen LogP contribution is 2.25. The van der Waals surface area contributed by atoms with E-state index < -0.39 is 0 Å². The molecule has 1 rings (SSSR count). The maximum absolute atomic E-state index is 5.47. The van der Waals surface area contributed by atoms with Crippen molar-refractivity contribution < 1.29 is 4.42 Å². The van der Waals surface area contributed by atoms with Crippen LogP contribution in [0.2, 0.25) is 0 Å². The third-order valence-electron chi connectivity index (χ3n) is 2.17. The van der Waals surface area contributed by atoms with Crippen molar-refractivity contribution in [1.29, 1.82) is 0 Å². The van der Waals surface area contributed by atoms with E-state index in [9.17, 15) is 0 Å². The molecule has 1 heterocycles. The van der Waals surface area contributed by atoms with Crippen molar-refractivity contribution in [2.24, 2.45) is 0 Å². The normalized spacial score (nSPS) is 12.9. The van der Waals surface area contributed by atoms with E-state index in [1.54, 1.807) is 0 Å². The average Bonchev–Trinajstić information content (AvgIpc) is 2.31. The fourth-order valence-electron chi connectivity index (χ4n) is 1.60. The van der Waals surface area contributed by atoms with Gasteiger partial charge in [0.2, 0.25) is 0 Å². The molecule has 0 saturated heterocycles. The lowest BCUT2D eigenvalue weighted by Gasteiger charge is -2.14. The molecule has 0 aliphatic rings. The van der Waals surface area contributed by atoms with Crippen LogP contribution in [0.15, 0.2) is 22.6 Å². The van der Waals surface area contributed by atoms with E-state index in [2.05, 4.69) is 18.0 Å². The predicted molar refractivity (Wildman–Crippen MR) is 54.8 cm³/mol. The average molecular weight is 179 g/mol.